The van der Waals surface area contributed by atoms with Crippen LogP contribution < -0.4 is 5.32 Å². The third kappa shape index (κ3) is 4.75. The van der Waals surface area contributed by atoms with Crippen molar-refractivity contribution in [1.29, 1.82) is 0 Å². The van der Waals surface area contributed by atoms with Gasteiger partial charge in [-0.1, -0.05) is 54.1 Å². The Hall–Kier alpha value is -1.88. The molecule has 2 aromatic rings. The summed E-state index contributed by atoms with van der Waals surface area (Å²) in [4.78, 5) is 17.4. The van der Waals surface area contributed by atoms with E-state index >= 15 is 0 Å². The number of rotatable bonds is 6. The summed E-state index contributed by atoms with van der Waals surface area (Å²) in [5.41, 5.74) is 3.57. The maximum Gasteiger partial charge on any atom is 0.224 e. The molecule has 0 aromatic heterocycles. The van der Waals surface area contributed by atoms with Crippen LogP contribution in [-0.2, 0) is 17.9 Å². The average Bonchev–Trinajstić information content (AvgIpc) is 3.49. The van der Waals surface area contributed by atoms with Crippen molar-refractivity contribution in [2.24, 2.45) is 5.92 Å². The summed E-state index contributed by atoms with van der Waals surface area (Å²) in [5.74, 6) is 0.445. The number of halogens is 1. The number of nitrogens with one attached hydrogen (secondary N) is 1. The lowest BCUT2D eigenvalue weighted by molar-refractivity contribution is -0.122. The lowest BCUT2D eigenvalue weighted by Gasteiger charge is -2.32. The molecule has 1 saturated carbocycles. The number of hydrogen-bond donors (Lipinski definition) is 1. The molecule has 1 heterocycles. The fourth-order valence-electron chi connectivity index (χ4n) is 4.03. The molecule has 2 aliphatic rings. The van der Waals surface area contributed by atoms with E-state index in [0.29, 0.717) is 6.54 Å². The van der Waals surface area contributed by atoms with Gasteiger partial charge in [-0.05, 0) is 42.1 Å². The van der Waals surface area contributed by atoms with Crippen LogP contribution in [-0.4, -0.2) is 48.9 Å². The molecule has 4 rings (SSSR count). The molecule has 2 unspecified atom stereocenters. The van der Waals surface area contributed by atoms with Gasteiger partial charge in [0, 0.05) is 50.2 Å². The Morgan fingerprint density at radius 1 is 1.07 bits per heavy atom. The topological polar surface area (TPSA) is 35.6 Å². The summed E-state index contributed by atoms with van der Waals surface area (Å²) in [6, 6.07) is 16.4. The molecule has 1 aliphatic heterocycles. The molecule has 0 spiro atoms. The second-order valence-electron chi connectivity index (χ2n) is 8.09. The van der Waals surface area contributed by atoms with Crippen molar-refractivity contribution < 1.29 is 4.79 Å². The van der Waals surface area contributed by atoms with Crippen LogP contribution in [0.25, 0.3) is 0 Å². The van der Waals surface area contributed by atoms with Crippen LogP contribution in [0.15, 0.2) is 48.5 Å². The maximum atomic E-state index is 12.5. The van der Waals surface area contributed by atoms with Crippen LogP contribution in [0.5, 0.6) is 0 Å². The number of amides is 1. The zero-order valence-corrected chi connectivity index (χ0v) is 17.2. The van der Waals surface area contributed by atoms with Crippen molar-refractivity contribution in [1.82, 2.24) is 15.1 Å². The van der Waals surface area contributed by atoms with E-state index < -0.39 is 0 Å². The number of hydrogen-bond acceptors (Lipinski definition) is 3. The van der Waals surface area contributed by atoms with E-state index in [1.165, 1.54) is 5.56 Å². The first-order chi connectivity index (χ1) is 13.6. The molecule has 148 valence electrons. The van der Waals surface area contributed by atoms with Gasteiger partial charge in [-0.3, -0.25) is 9.69 Å². The molecule has 28 heavy (non-hydrogen) atoms. The number of likely N-dealkylation sites (N-methyl/N-ethyl adjacent to an activating group) is 1. The van der Waals surface area contributed by atoms with E-state index in [1.807, 2.05) is 24.3 Å². The molecule has 0 radical (unpaired) electrons. The molecule has 0 bridgehead atoms. The molecule has 5 heteroatoms. The Balaban J connectivity index is 1.28. The molecular weight excluding hydrogens is 370 g/mol. The fraction of sp³-hybridized carbons (Fsp3) is 0.435. The minimum absolute atomic E-state index is 0.0495. The Bertz CT molecular complexity index is 832. The second kappa shape index (κ2) is 8.64. The van der Waals surface area contributed by atoms with Crippen LogP contribution >= 0.6 is 11.6 Å². The molecular formula is C23H28ClN3O. The second-order valence-corrected chi connectivity index (χ2v) is 8.49. The quantitative estimate of drug-likeness (QED) is 0.810. The number of carbonyl (C=O) groups is 1. The van der Waals surface area contributed by atoms with E-state index in [4.69, 9.17) is 11.6 Å². The number of nitrogens with zero attached hydrogens (tertiary/aromatic N) is 2. The minimum Gasteiger partial charge on any atom is -0.352 e. The number of piperazine rings is 1. The fourth-order valence-corrected chi connectivity index (χ4v) is 4.30. The molecule has 4 nitrogen and oxygen atoms in total. The molecule has 1 amide bonds. The van der Waals surface area contributed by atoms with Crippen LogP contribution in [0.2, 0.25) is 5.02 Å². The summed E-state index contributed by atoms with van der Waals surface area (Å²) in [5, 5.41) is 3.88. The van der Waals surface area contributed by atoms with Crippen LogP contribution in [0.3, 0.4) is 0 Å². The van der Waals surface area contributed by atoms with E-state index in [9.17, 15) is 4.79 Å². The highest BCUT2D eigenvalue weighted by atomic mass is 35.5. The zero-order valence-electron chi connectivity index (χ0n) is 16.4. The van der Waals surface area contributed by atoms with Gasteiger partial charge < -0.3 is 10.2 Å². The van der Waals surface area contributed by atoms with Gasteiger partial charge in [0.2, 0.25) is 5.91 Å². The lowest BCUT2D eigenvalue weighted by Crippen LogP contribution is -2.43. The van der Waals surface area contributed by atoms with Crippen molar-refractivity contribution in [3.63, 3.8) is 0 Å². The largest absolute Gasteiger partial charge is 0.352 e. The first kappa shape index (κ1) is 19.4. The summed E-state index contributed by atoms with van der Waals surface area (Å²) in [6.07, 6.45) is 0.888. The average molecular weight is 398 g/mol. The lowest BCUT2D eigenvalue weighted by atomic mass is 10.1. The summed E-state index contributed by atoms with van der Waals surface area (Å²) >= 11 is 6.27. The Kier molecular flexibility index (Phi) is 6.00. The third-order valence-corrected chi connectivity index (χ3v) is 6.24. The molecule has 1 N–H and O–H groups in total. The van der Waals surface area contributed by atoms with Crippen LogP contribution in [0.4, 0.5) is 0 Å². The molecule has 1 saturated heterocycles. The summed E-state index contributed by atoms with van der Waals surface area (Å²) in [6.45, 7) is 6.05. The van der Waals surface area contributed by atoms with Gasteiger partial charge in [0.15, 0.2) is 0 Å². The van der Waals surface area contributed by atoms with Crippen LogP contribution in [0, 0.1) is 5.92 Å². The standard InChI is InChI=1S/C23H28ClN3O/c1-26-9-11-27(12-10-26)16-18-6-4-5-17(13-18)15-25-23(28)21-14-20(21)19-7-2-3-8-22(19)24/h2-8,13,20-21H,9-12,14-16H2,1H3,(H,25,28). The minimum atomic E-state index is 0.0495. The first-order valence-electron chi connectivity index (χ1n) is 10.1. The van der Waals surface area contributed by atoms with Gasteiger partial charge in [0.1, 0.15) is 0 Å². The zero-order chi connectivity index (χ0) is 19.5. The Morgan fingerprint density at radius 2 is 1.82 bits per heavy atom. The first-order valence-corrected chi connectivity index (χ1v) is 10.5. The van der Waals surface area contributed by atoms with Crippen LogP contribution in [0.1, 0.15) is 29.0 Å². The number of benzene rings is 2. The number of carbonyl (C=O) groups excluding carboxylic acids is 1. The van der Waals surface area contributed by atoms with Crippen molar-refractivity contribution in [3.8, 4) is 0 Å². The van der Waals surface area contributed by atoms with Crippen molar-refractivity contribution in [2.75, 3.05) is 33.2 Å². The maximum absolute atomic E-state index is 12.5. The van der Waals surface area contributed by atoms with E-state index in [2.05, 4.69) is 46.4 Å². The third-order valence-electron chi connectivity index (χ3n) is 5.89. The van der Waals surface area contributed by atoms with E-state index in [-0.39, 0.29) is 17.7 Å². The van der Waals surface area contributed by atoms with E-state index in [0.717, 1.165) is 55.3 Å². The van der Waals surface area contributed by atoms with Gasteiger partial charge in [-0.15, -0.1) is 0 Å². The monoisotopic (exact) mass is 397 g/mol. The molecule has 2 atom stereocenters. The highest BCUT2D eigenvalue weighted by Gasteiger charge is 2.44. The molecule has 2 fully saturated rings. The van der Waals surface area contributed by atoms with Gasteiger partial charge in [-0.25, -0.2) is 0 Å². The van der Waals surface area contributed by atoms with Gasteiger partial charge in [0.05, 0.1) is 0 Å². The highest BCUT2D eigenvalue weighted by Crippen LogP contribution is 2.49. The Morgan fingerprint density at radius 3 is 2.61 bits per heavy atom. The van der Waals surface area contributed by atoms with Crippen molar-refractivity contribution >= 4 is 17.5 Å². The SMILES string of the molecule is CN1CCN(Cc2cccc(CNC(=O)C3CC3c3ccccc3Cl)c2)CC1. The van der Waals surface area contributed by atoms with Gasteiger partial charge in [-0.2, -0.15) is 0 Å². The highest BCUT2D eigenvalue weighted by molar-refractivity contribution is 6.31. The van der Waals surface area contributed by atoms with E-state index in [1.54, 1.807) is 0 Å². The summed E-state index contributed by atoms with van der Waals surface area (Å²) < 4.78 is 0. The van der Waals surface area contributed by atoms with Crippen molar-refractivity contribution in [3.05, 3.63) is 70.2 Å². The Labute approximate surface area is 172 Å². The van der Waals surface area contributed by atoms with Gasteiger partial charge in [0.25, 0.3) is 0 Å². The smallest absolute Gasteiger partial charge is 0.224 e. The normalized spacial score (nSPS) is 22.8. The van der Waals surface area contributed by atoms with Crippen molar-refractivity contribution in [2.45, 2.75) is 25.4 Å². The predicted molar refractivity (Wildman–Crippen MR) is 113 cm³/mol. The molecule has 2 aromatic carbocycles. The van der Waals surface area contributed by atoms with Gasteiger partial charge >= 0.3 is 0 Å². The molecule has 1 aliphatic carbocycles. The summed E-state index contributed by atoms with van der Waals surface area (Å²) in [7, 11) is 2.18. The predicted octanol–water partition coefficient (Wildman–Crippen LogP) is 3.51.